The second-order valence-electron chi connectivity index (χ2n) is 6.65. The van der Waals surface area contributed by atoms with E-state index in [9.17, 15) is 18.0 Å². The quantitative estimate of drug-likeness (QED) is 0.452. The lowest BCUT2D eigenvalue weighted by atomic mass is 10.1. The number of H-pyrrole nitrogens is 1. The van der Waals surface area contributed by atoms with E-state index in [0.29, 0.717) is 18.9 Å². The summed E-state index contributed by atoms with van der Waals surface area (Å²) in [5, 5.41) is 10.1. The van der Waals surface area contributed by atoms with Crippen LogP contribution in [0.4, 0.5) is 0 Å². The molecular formula is C17H21N5O7S. The largest absolute Gasteiger partial charge is 0.465 e. The molecule has 0 radical (unpaired) electrons. The van der Waals surface area contributed by atoms with Gasteiger partial charge in [-0.25, -0.2) is 18.3 Å². The average molecular weight is 439 g/mol. The third-order valence-corrected chi connectivity index (χ3v) is 5.38. The Kier molecular flexibility index (Phi) is 6.31. The number of ether oxygens (including phenoxy) is 2. The van der Waals surface area contributed by atoms with E-state index in [2.05, 4.69) is 20.3 Å². The highest BCUT2D eigenvalue weighted by Crippen LogP contribution is 2.27. The zero-order valence-electron chi connectivity index (χ0n) is 16.6. The topological polar surface area (TPSA) is 159 Å². The van der Waals surface area contributed by atoms with E-state index in [0.717, 1.165) is 6.26 Å². The summed E-state index contributed by atoms with van der Waals surface area (Å²) in [6.07, 6.45) is 4.47. The molecule has 1 aromatic heterocycles. The number of sulfone groups is 1. The number of carbonyl (C=O) groups excluding carboxylic acids is 1. The Morgan fingerprint density at radius 2 is 2.10 bits per heavy atom. The summed E-state index contributed by atoms with van der Waals surface area (Å²) in [7, 11) is -0.560. The molecule has 0 saturated heterocycles. The molecule has 0 fully saturated rings. The number of methoxy groups -OCH3 is 2. The van der Waals surface area contributed by atoms with Gasteiger partial charge in [0.15, 0.2) is 5.82 Å². The molecule has 0 spiro atoms. The SMILES string of the molecule is COCCc1noc(C(CCS(C)(=O)=O)n2cc(C(=O)OC)c3n[nH]c(=O)c-3c2)n1. The Hall–Kier alpha value is -3.06. The van der Waals surface area contributed by atoms with Crippen LogP contribution in [0.3, 0.4) is 0 Å². The van der Waals surface area contributed by atoms with Gasteiger partial charge in [0, 0.05) is 32.2 Å². The molecule has 1 aromatic rings. The summed E-state index contributed by atoms with van der Waals surface area (Å²) in [5.74, 6) is -0.351. The van der Waals surface area contributed by atoms with Crippen molar-refractivity contribution in [1.29, 1.82) is 0 Å². The Morgan fingerprint density at radius 1 is 1.33 bits per heavy atom. The molecule has 1 atom stereocenters. The number of nitrogens with one attached hydrogen (secondary N) is 1. The van der Waals surface area contributed by atoms with E-state index >= 15 is 0 Å². The molecule has 0 saturated carbocycles. The van der Waals surface area contributed by atoms with Crippen molar-refractivity contribution in [3.63, 3.8) is 0 Å². The fraction of sp³-hybridized carbons (Fsp3) is 0.471. The highest BCUT2D eigenvalue weighted by atomic mass is 32.2. The van der Waals surface area contributed by atoms with E-state index in [-0.39, 0.29) is 34.9 Å². The Labute approximate surface area is 171 Å². The van der Waals surface area contributed by atoms with E-state index < -0.39 is 27.4 Å². The molecule has 2 aliphatic heterocycles. The second kappa shape index (κ2) is 8.75. The Bertz CT molecular complexity index is 1160. The number of fused-ring (bicyclic) bond motifs is 1. The maximum absolute atomic E-state index is 12.2. The molecule has 3 rings (SSSR count). The van der Waals surface area contributed by atoms with Gasteiger partial charge in [0.05, 0.1) is 25.0 Å². The number of hydrogen-bond donors (Lipinski definition) is 1. The van der Waals surface area contributed by atoms with Crippen molar-refractivity contribution in [2.45, 2.75) is 18.9 Å². The van der Waals surface area contributed by atoms with Crippen LogP contribution >= 0.6 is 0 Å². The van der Waals surface area contributed by atoms with Crippen molar-refractivity contribution >= 4 is 15.8 Å². The maximum atomic E-state index is 12.2. The van der Waals surface area contributed by atoms with Gasteiger partial charge in [-0.15, -0.1) is 0 Å². The monoisotopic (exact) mass is 439 g/mol. The predicted octanol–water partition coefficient (Wildman–Crippen LogP) is 0.0588. The molecule has 1 N–H and O–H groups in total. The van der Waals surface area contributed by atoms with Crippen LogP contribution in [0.1, 0.15) is 34.5 Å². The molecule has 0 bridgehead atoms. The summed E-state index contributed by atoms with van der Waals surface area (Å²) in [4.78, 5) is 28.7. The second-order valence-corrected chi connectivity index (χ2v) is 8.91. The molecule has 13 heteroatoms. The van der Waals surface area contributed by atoms with Gasteiger partial charge >= 0.3 is 5.97 Å². The van der Waals surface area contributed by atoms with Gasteiger partial charge in [0.1, 0.15) is 27.1 Å². The van der Waals surface area contributed by atoms with Gasteiger partial charge in [-0.3, -0.25) is 4.79 Å². The van der Waals surface area contributed by atoms with Crippen molar-refractivity contribution in [2.75, 3.05) is 32.8 Å². The van der Waals surface area contributed by atoms with Crippen LogP contribution in [0.5, 0.6) is 0 Å². The molecule has 12 nitrogen and oxygen atoms in total. The zero-order valence-corrected chi connectivity index (χ0v) is 17.4. The summed E-state index contributed by atoms with van der Waals surface area (Å²) in [5.41, 5.74) is -0.174. The first-order chi connectivity index (χ1) is 14.2. The fourth-order valence-corrected chi connectivity index (χ4v) is 3.57. The van der Waals surface area contributed by atoms with Crippen molar-refractivity contribution in [1.82, 2.24) is 24.9 Å². The maximum Gasteiger partial charge on any atom is 0.341 e. The molecule has 1 unspecified atom stereocenters. The van der Waals surface area contributed by atoms with Crippen LogP contribution in [0.25, 0.3) is 11.3 Å². The van der Waals surface area contributed by atoms with Crippen LogP contribution < -0.4 is 5.56 Å². The van der Waals surface area contributed by atoms with Crippen molar-refractivity contribution in [3.05, 3.63) is 40.0 Å². The summed E-state index contributed by atoms with van der Waals surface area (Å²) in [6.45, 7) is 0.382. The van der Waals surface area contributed by atoms with Crippen LogP contribution in [0.15, 0.2) is 21.7 Å². The first kappa shape index (κ1) is 21.6. The van der Waals surface area contributed by atoms with Gasteiger partial charge in [-0.2, -0.15) is 10.1 Å². The Balaban J connectivity index is 2.10. The lowest BCUT2D eigenvalue weighted by Crippen LogP contribution is -2.19. The zero-order chi connectivity index (χ0) is 21.9. The van der Waals surface area contributed by atoms with Gasteiger partial charge in [0.2, 0.25) is 5.89 Å². The van der Waals surface area contributed by atoms with Gasteiger partial charge in [-0.05, 0) is 6.42 Å². The number of aromatic nitrogens is 5. The highest BCUT2D eigenvalue weighted by molar-refractivity contribution is 7.90. The summed E-state index contributed by atoms with van der Waals surface area (Å²) >= 11 is 0. The number of pyridine rings is 1. The number of esters is 1. The molecule has 0 aliphatic carbocycles. The minimum atomic E-state index is -3.31. The van der Waals surface area contributed by atoms with Crippen LogP contribution in [-0.2, 0) is 25.7 Å². The standard InChI is InChI=1S/C17H21N5O7S/c1-27-6-4-13-18-16(29-21-13)12(5-7-30(3,25)26)22-8-10-14(19-20-15(10)23)11(9-22)17(24)28-2/h8-9,12H,4-7H2,1-3H3,(H,20,23). The minimum absolute atomic E-state index is 0.0387. The van der Waals surface area contributed by atoms with E-state index in [1.165, 1.54) is 24.1 Å². The van der Waals surface area contributed by atoms with E-state index in [1.54, 1.807) is 7.11 Å². The number of carbonyl (C=O) groups is 1. The van der Waals surface area contributed by atoms with Crippen LogP contribution in [0, 0.1) is 0 Å². The van der Waals surface area contributed by atoms with Gasteiger partial charge in [0.25, 0.3) is 5.56 Å². The molecule has 162 valence electrons. The lowest BCUT2D eigenvalue weighted by Gasteiger charge is -2.19. The number of hydrogen-bond acceptors (Lipinski definition) is 10. The summed E-state index contributed by atoms with van der Waals surface area (Å²) in [6, 6.07) is -0.745. The molecular weight excluding hydrogens is 418 g/mol. The molecule has 3 heterocycles. The normalized spacial score (nSPS) is 12.9. The van der Waals surface area contributed by atoms with Crippen molar-refractivity contribution in [2.24, 2.45) is 0 Å². The Morgan fingerprint density at radius 3 is 2.77 bits per heavy atom. The third-order valence-electron chi connectivity index (χ3n) is 4.41. The third kappa shape index (κ3) is 4.74. The van der Waals surface area contributed by atoms with Crippen molar-refractivity contribution in [3.8, 4) is 11.3 Å². The molecule has 0 amide bonds. The van der Waals surface area contributed by atoms with Crippen LogP contribution in [0.2, 0.25) is 0 Å². The first-order valence-electron chi connectivity index (χ1n) is 8.90. The van der Waals surface area contributed by atoms with E-state index in [1.807, 2.05) is 0 Å². The fourth-order valence-electron chi connectivity index (χ4n) is 2.92. The molecule has 0 aromatic carbocycles. The minimum Gasteiger partial charge on any atom is -0.465 e. The first-order valence-corrected chi connectivity index (χ1v) is 11.0. The average Bonchev–Trinajstić information content (AvgIpc) is 3.32. The molecule has 30 heavy (non-hydrogen) atoms. The summed E-state index contributed by atoms with van der Waals surface area (Å²) < 4.78 is 40.1. The predicted molar refractivity (Wildman–Crippen MR) is 103 cm³/mol. The lowest BCUT2D eigenvalue weighted by molar-refractivity contribution is 0.0600. The molecule has 2 aliphatic rings. The van der Waals surface area contributed by atoms with E-state index in [4.69, 9.17) is 14.0 Å². The smallest absolute Gasteiger partial charge is 0.341 e. The van der Waals surface area contributed by atoms with Gasteiger partial charge < -0.3 is 18.6 Å². The number of rotatable bonds is 9. The van der Waals surface area contributed by atoms with Crippen LogP contribution in [-0.4, -0.2) is 72.1 Å². The van der Waals surface area contributed by atoms with Gasteiger partial charge in [-0.1, -0.05) is 5.16 Å². The highest BCUT2D eigenvalue weighted by Gasteiger charge is 2.27. The number of aromatic amines is 1. The number of nitrogens with zero attached hydrogens (tertiary/aromatic N) is 4. The van der Waals surface area contributed by atoms with Crippen molar-refractivity contribution < 1.29 is 27.2 Å².